The lowest BCUT2D eigenvalue weighted by atomic mass is 9.93. The van der Waals surface area contributed by atoms with E-state index in [9.17, 15) is 81.1 Å². The van der Waals surface area contributed by atoms with Crippen LogP contribution in [-0.4, -0.2) is 307 Å². The summed E-state index contributed by atoms with van der Waals surface area (Å²) >= 11 is 0. The zero-order valence-electron chi connectivity index (χ0n) is 39.4. The monoisotopic (exact) mass is 1070 g/mol. The molecular formula is C40H72N6O27. The van der Waals surface area contributed by atoms with Gasteiger partial charge in [-0.25, -0.2) is 0 Å². The van der Waals surface area contributed by atoms with Gasteiger partial charge in [0.25, 0.3) is 0 Å². The van der Waals surface area contributed by atoms with Crippen molar-refractivity contribution in [1.29, 1.82) is 0 Å². The topological polar surface area (TPSA) is 547 Å². The van der Waals surface area contributed by atoms with E-state index in [4.69, 9.17) is 75.0 Å². The van der Waals surface area contributed by atoms with Gasteiger partial charge >= 0.3 is 0 Å². The smallest absolute Gasteiger partial charge is 0.217 e. The highest BCUT2D eigenvalue weighted by Crippen LogP contribution is 2.36. The summed E-state index contributed by atoms with van der Waals surface area (Å²) < 4.78 is 63.8. The lowest BCUT2D eigenvalue weighted by Crippen LogP contribution is -2.71. The summed E-state index contributed by atoms with van der Waals surface area (Å²) in [6.45, 7) is -2.99. The van der Waals surface area contributed by atoms with Crippen LogP contribution < -0.4 is 33.6 Å². The minimum Gasteiger partial charge on any atom is -0.394 e. The lowest BCUT2D eigenvalue weighted by Gasteiger charge is -2.51. The maximum Gasteiger partial charge on any atom is 0.217 e. The zero-order valence-corrected chi connectivity index (χ0v) is 39.4. The van der Waals surface area contributed by atoms with Crippen molar-refractivity contribution >= 4 is 11.8 Å². The van der Waals surface area contributed by atoms with E-state index in [0.29, 0.717) is 0 Å². The fourth-order valence-corrected chi connectivity index (χ4v) is 9.52. The van der Waals surface area contributed by atoms with Crippen LogP contribution in [0, 0.1) is 0 Å². The third-order valence-corrected chi connectivity index (χ3v) is 13.6. The van der Waals surface area contributed by atoms with Crippen molar-refractivity contribution in [2.45, 2.75) is 198 Å². The van der Waals surface area contributed by atoms with E-state index >= 15 is 0 Å². The molecule has 6 fully saturated rings. The molecule has 24 N–H and O–H groups in total. The van der Waals surface area contributed by atoms with Crippen LogP contribution in [0.25, 0.3) is 0 Å². The molecule has 33 nitrogen and oxygen atoms in total. The highest BCUT2D eigenvalue weighted by atomic mass is 16.8. The van der Waals surface area contributed by atoms with Crippen LogP contribution in [0.5, 0.6) is 0 Å². The van der Waals surface area contributed by atoms with Gasteiger partial charge in [0.2, 0.25) is 11.8 Å². The van der Waals surface area contributed by atoms with Gasteiger partial charge in [-0.05, 0) is 0 Å². The number of rotatable bonds is 18. The fraction of sp³-hybridized carbons (Fsp3) is 0.950. The first-order chi connectivity index (χ1) is 34.5. The number of carbonyl (C=O) groups excluding carboxylic acids is 2. The van der Waals surface area contributed by atoms with Crippen LogP contribution in [-0.2, 0) is 61.7 Å². The molecule has 424 valence electrons. The second-order valence-electron chi connectivity index (χ2n) is 18.6. The summed E-state index contributed by atoms with van der Waals surface area (Å²) in [5.41, 5.74) is 25.0. The van der Waals surface area contributed by atoms with Crippen molar-refractivity contribution in [2.75, 3.05) is 39.6 Å². The fourth-order valence-electron chi connectivity index (χ4n) is 9.52. The molecule has 6 heterocycles. The van der Waals surface area contributed by atoms with E-state index < -0.39 is 235 Å². The molecule has 0 spiro atoms. The van der Waals surface area contributed by atoms with Crippen LogP contribution in [0.3, 0.4) is 0 Å². The Morgan fingerprint density at radius 1 is 0.370 bits per heavy atom. The van der Waals surface area contributed by atoms with Crippen molar-refractivity contribution in [3.05, 3.63) is 0 Å². The van der Waals surface area contributed by atoms with Crippen LogP contribution in [0.4, 0.5) is 0 Å². The van der Waals surface area contributed by atoms with E-state index in [0.717, 1.165) is 13.8 Å². The third kappa shape index (κ3) is 12.9. The number of hydrogen-bond acceptors (Lipinski definition) is 31. The Morgan fingerprint density at radius 2 is 0.630 bits per heavy atom. The summed E-state index contributed by atoms with van der Waals surface area (Å²) in [5.74, 6) is -1.42. The second kappa shape index (κ2) is 26.0. The molecule has 0 aromatic carbocycles. The maximum atomic E-state index is 12.5. The predicted molar refractivity (Wildman–Crippen MR) is 230 cm³/mol. The van der Waals surface area contributed by atoms with Gasteiger partial charge in [-0.1, -0.05) is 0 Å². The number of carbonyl (C=O) groups is 2. The summed E-state index contributed by atoms with van der Waals surface area (Å²) in [5, 5.41) is 154. The molecule has 73 heavy (non-hydrogen) atoms. The molecule has 1 unspecified atom stereocenters. The molecule has 6 rings (SSSR count). The highest BCUT2D eigenvalue weighted by Gasteiger charge is 2.57. The van der Waals surface area contributed by atoms with Gasteiger partial charge in [-0.2, -0.15) is 0 Å². The average Bonchev–Trinajstić information content (AvgIpc) is 3.36. The van der Waals surface area contributed by atoms with Crippen molar-refractivity contribution in [3.8, 4) is 0 Å². The van der Waals surface area contributed by atoms with E-state index in [2.05, 4.69) is 10.6 Å². The number of ether oxygens (including phenoxy) is 11. The van der Waals surface area contributed by atoms with Crippen LogP contribution in [0.15, 0.2) is 0 Å². The third-order valence-electron chi connectivity index (χ3n) is 13.6. The molecule has 0 bridgehead atoms. The second-order valence-corrected chi connectivity index (χ2v) is 18.6. The number of hydrogen-bond donors (Lipinski definition) is 20. The highest BCUT2D eigenvalue weighted by molar-refractivity contribution is 5.73. The minimum atomic E-state index is -1.90. The molecule has 0 aliphatic carbocycles. The minimum absolute atomic E-state index is 0.652. The van der Waals surface area contributed by atoms with E-state index in [-0.39, 0.29) is 0 Å². The van der Waals surface area contributed by atoms with E-state index in [1.807, 2.05) is 0 Å². The summed E-state index contributed by atoms with van der Waals surface area (Å²) in [6.07, 6.45) is -39.5. The molecule has 6 saturated heterocycles. The number of nitrogens with two attached hydrogens (primary N) is 4. The van der Waals surface area contributed by atoms with E-state index in [1.54, 1.807) is 0 Å². The van der Waals surface area contributed by atoms with Gasteiger partial charge in [0, 0.05) is 13.8 Å². The van der Waals surface area contributed by atoms with Crippen molar-refractivity contribution in [2.24, 2.45) is 22.9 Å². The van der Waals surface area contributed by atoms with Crippen LogP contribution >= 0.6 is 0 Å². The average molecular weight is 1070 g/mol. The Bertz CT molecular complexity index is 1750. The first-order valence-corrected chi connectivity index (χ1v) is 23.4. The van der Waals surface area contributed by atoms with Gasteiger partial charge < -0.3 is 157 Å². The molecule has 0 saturated carbocycles. The zero-order chi connectivity index (χ0) is 53.9. The Kier molecular flexibility index (Phi) is 21.3. The van der Waals surface area contributed by atoms with Crippen molar-refractivity contribution < 1.29 is 133 Å². The molecule has 0 radical (unpaired) electrons. The standard InChI is InChI=1S/C40H72N6O27/c1-9(53)45-21-28(60)33(12(4-48)63-35(21)62)71-38-18(42)26(58)31(14(6-50)65-38)70-37-20(44)27(59)32(15(7-51)67-37)73-40-22(46-10(2)54)29(61)34(16(8-52)68-40)72-39-19(43)25(57)30(13(5-49)66-39)69-36-17(41)24(56)23(55)11(3-47)64-36/h11-40,47-52,55-62H,3-8,41-44H2,1-2H3,(H,45,53)(H,46,54)/t11-,12-,13-,14-,15-,16-,17-,18-,19-,20-,21-,22-,23-,24-,25-,26-,27-,28-,29-,30-,31-,32-,33-,34-,35?,36+,37+,38+,39+,40+/m1/s1. The molecule has 6 aliphatic heterocycles. The van der Waals surface area contributed by atoms with Gasteiger partial charge in [-0.3, -0.25) is 9.59 Å². The summed E-state index contributed by atoms with van der Waals surface area (Å²) in [4.78, 5) is 24.3. The SMILES string of the molecule is CC(=O)N[C@H]1[C@H](O[C@H]2[C@H](O)[C@@H](N)[C@H](O[C@H]3[C@H](O)[C@@H](N)[C@H](O[C@H]4[C@H](O)[C@@H](NC(C)=O)C(O)O[C@@H]4CO)O[C@@H]3CO)O[C@@H]2CO)O[C@H](CO)[C@@H](O[C@@H]2O[C@H](CO)[C@@H](O[C@@H]3O[C@H](CO)[C@@H](O)[C@H](O)[C@H]3N)[C@H](O)[C@H]2N)[C@@H]1O. The molecule has 2 amide bonds. The van der Waals surface area contributed by atoms with Gasteiger partial charge in [0.1, 0.15) is 122 Å². The van der Waals surface area contributed by atoms with Crippen LogP contribution in [0.2, 0.25) is 0 Å². The van der Waals surface area contributed by atoms with Crippen LogP contribution in [0.1, 0.15) is 13.8 Å². The largest absolute Gasteiger partial charge is 0.394 e. The molecule has 30 atom stereocenters. The first-order valence-electron chi connectivity index (χ1n) is 23.4. The first kappa shape index (κ1) is 60.0. The Labute approximate surface area is 415 Å². The quantitative estimate of drug-likeness (QED) is 0.0606. The number of aliphatic hydroxyl groups is 14. The van der Waals surface area contributed by atoms with Gasteiger partial charge in [-0.15, -0.1) is 0 Å². The van der Waals surface area contributed by atoms with Crippen molar-refractivity contribution in [1.82, 2.24) is 10.6 Å². The van der Waals surface area contributed by atoms with E-state index in [1.165, 1.54) is 0 Å². The summed E-state index contributed by atoms with van der Waals surface area (Å²) in [7, 11) is 0. The number of nitrogens with one attached hydrogen (secondary N) is 2. The molecule has 0 aromatic rings. The van der Waals surface area contributed by atoms with Gasteiger partial charge in [0.15, 0.2) is 37.7 Å². The normalized spacial score (nSPS) is 49.8. The van der Waals surface area contributed by atoms with Gasteiger partial charge in [0.05, 0.1) is 63.8 Å². The summed E-state index contributed by atoms with van der Waals surface area (Å²) in [6, 6.07) is -9.24. The Morgan fingerprint density at radius 3 is 0.973 bits per heavy atom. The number of amides is 2. The predicted octanol–water partition coefficient (Wildman–Crippen LogP) is -13.9. The Hall–Kier alpha value is -2.22. The maximum absolute atomic E-state index is 12.5. The van der Waals surface area contributed by atoms with Crippen molar-refractivity contribution in [3.63, 3.8) is 0 Å². The molecule has 6 aliphatic rings. The lowest BCUT2D eigenvalue weighted by molar-refractivity contribution is -0.368. The molecule has 0 aromatic heterocycles. The molecule has 33 heteroatoms. The Balaban J connectivity index is 1.12. The molecular weight excluding hydrogens is 996 g/mol. The number of aliphatic hydroxyl groups excluding tert-OH is 14.